The molecule has 0 spiro atoms. The van der Waals surface area contributed by atoms with Gasteiger partial charge in [0.25, 0.3) is 0 Å². The van der Waals surface area contributed by atoms with Crippen LogP contribution in [0.2, 0.25) is 0 Å². The molecule has 1 aliphatic rings. The lowest BCUT2D eigenvalue weighted by atomic mass is 10.1. The summed E-state index contributed by atoms with van der Waals surface area (Å²) in [4.78, 5) is 2.51. The van der Waals surface area contributed by atoms with Crippen molar-refractivity contribution in [1.29, 1.82) is 0 Å². The van der Waals surface area contributed by atoms with Crippen LogP contribution in [0.4, 0.5) is 0 Å². The zero-order chi connectivity index (χ0) is 13.8. The Morgan fingerprint density at radius 3 is 2.65 bits per heavy atom. The summed E-state index contributed by atoms with van der Waals surface area (Å²) < 4.78 is 5.74. The summed E-state index contributed by atoms with van der Waals surface area (Å²) in [5, 5.41) is 0. The number of fused-ring (bicyclic) bond motifs is 1. The Balaban J connectivity index is 1.44. The molecule has 2 nitrogen and oxygen atoms in total. The van der Waals surface area contributed by atoms with Crippen molar-refractivity contribution in [2.24, 2.45) is 0 Å². The van der Waals surface area contributed by atoms with Crippen molar-refractivity contribution >= 4 is 0 Å². The van der Waals surface area contributed by atoms with E-state index in [2.05, 4.69) is 30.0 Å². The predicted octanol–water partition coefficient (Wildman–Crippen LogP) is 3.78. The van der Waals surface area contributed by atoms with Gasteiger partial charge in [-0.2, -0.15) is 0 Å². The number of hydrogen-bond acceptors (Lipinski definition) is 2. The molecule has 0 N–H and O–H groups in total. The molecule has 3 rings (SSSR count). The molecule has 104 valence electrons. The first-order valence-corrected chi connectivity index (χ1v) is 7.30. The third kappa shape index (κ3) is 3.02. The van der Waals surface area contributed by atoms with Crippen LogP contribution in [0.1, 0.15) is 23.1 Å². The zero-order valence-electron chi connectivity index (χ0n) is 12.0. The van der Waals surface area contributed by atoms with Gasteiger partial charge in [0.2, 0.25) is 0 Å². The third-order valence-electron chi connectivity index (χ3n) is 3.91. The molecular formula is C18H21NO. The second-order valence-corrected chi connectivity index (χ2v) is 5.44. The van der Waals surface area contributed by atoms with Crippen LogP contribution in [-0.4, -0.2) is 18.1 Å². The smallest absolute Gasteiger partial charge is 0.119 e. The fraction of sp³-hybridized carbons (Fsp3) is 0.333. The van der Waals surface area contributed by atoms with Crippen molar-refractivity contribution in [2.45, 2.75) is 26.4 Å². The van der Waals surface area contributed by atoms with Crippen molar-refractivity contribution in [1.82, 2.24) is 4.90 Å². The van der Waals surface area contributed by atoms with Crippen LogP contribution in [0.25, 0.3) is 0 Å². The monoisotopic (exact) mass is 267 g/mol. The minimum Gasteiger partial charge on any atom is -0.494 e. The Bertz CT molecular complexity index is 565. The molecule has 2 heteroatoms. The maximum atomic E-state index is 5.74. The molecule has 2 aromatic carbocycles. The molecule has 0 aliphatic carbocycles. The second-order valence-electron chi connectivity index (χ2n) is 5.44. The van der Waals surface area contributed by atoms with Gasteiger partial charge in [-0.1, -0.05) is 36.4 Å². The summed E-state index contributed by atoms with van der Waals surface area (Å²) in [5.74, 6) is 0.966. The number of rotatable bonds is 5. The van der Waals surface area contributed by atoms with Gasteiger partial charge in [0.1, 0.15) is 5.75 Å². The highest BCUT2D eigenvalue weighted by atomic mass is 16.5. The van der Waals surface area contributed by atoms with Gasteiger partial charge in [0, 0.05) is 19.6 Å². The maximum Gasteiger partial charge on any atom is 0.119 e. The second kappa shape index (κ2) is 6.10. The number of benzene rings is 2. The molecular weight excluding hydrogens is 246 g/mol. The predicted molar refractivity (Wildman–Crippen MR) is 81.8 cm³/mol. The minimum absolute atomic E-state index is 0.788. The molecule has 1 aliphatic heterocycles. The van der Waals surface area contributed by atoms with Crippen LogP contribution in [0.5, 0.6) is 5.75 Å². The lowest BCUT2D eigenvalue weighted by Gasteiger charge is -2.15. The van der Waals surface area contributed by atoms with E-state index < -0.39 is 0 Å². The lowest BCUT2D eigenvalue weighted by Crippen LogP contribution is -2.19. The van der Waals surface area contributed by atoms with Crippen molar-refractivity contribution in [3.05, 3.63) is 65.2 Å². The SMILES string of the molecule is Cc1cccc2c1CN(CCCOc1ccccc1)C2. The Morgan fingerprint density at radius 2 is 1.85 bits per heavy atom. The summed E-state index contributed by atoms with van der Waals surface area (Å²) in [6.07, 6.45) is 1.07. The Kier molecular flexibility index (Phi) is 4.03. The Hall–Kier alpha value is -1.80. The van der Waals surface area contributed by atoms with Crippen LogP contribution in [0, 0.1) is 6.92 Å². The number of para-hydroxylation sites is 1. The quantitative estimate of drug-likeness (QED) is 0.764. The summed E-state index contributed by atoms with van der Waals surface area (Å²) >= 11 is 0. The van der Waals surface area contributed by atoms with Gasteiger partial charge >= 0.3 is 0 Å². The van der Waals surface area contributed by atoms with Crippen LogP contribution >= 0.6 is 0 Å². The highest BCUT2D eigenvalue weighted by Gasteiger charge is 2.19. The lowest BCUT2D eigenvalue weighted by molar-refractivity contribution is 0.238. The first kappa shape index (κ1) is 13.2. The van der Waals surface area contributed by atoms with Crippen LogP contribution in [-0.2, 0) is 13.1 Å². The molecule has 0 saturated heterocycles. The van der Waals surface area contributed by atoms with E-state index in [0.717, 1.165) is 38.4 Å². The summed E-state index contributed by atoms with van der Waals surface area (Å²) in [5.41, 5.74) is 4.44. The highest BCUT2D eigenvalue weighted by molar-refractivity contribution is 5.36. The zero-order valence-corrected chi connectivity index (χ0v) is 12.0. The van der Waals surface area contributed by atoms with Crippen molar-refractivity contribution in [3.63, 3.8) is 0 Å². The minimum atomic E-state index is 0.788. The van der Waals surface area contributed by atoms with E-state index in [1.165, 1.54) is 16.7 Å². The topological polar surface area (TPSA) is 12.5 Å². The fourth-order valence-corrected chi connectivity index (χ4v) is 2.81. The highest BCUT2D eigenvalue weighted by Crippen LogP contribution is 2.25. The van der Waals surface area contributed by atoms with E-state index in [1.54, 1.807) is 0 Å². The third-order valence-corrected chi connectivity index (χ3v) is 3.91. The van der Waals surface area contributed by atoms with E-state index in [-0.39, 0.29) is 0 Å². The number of aryl methyl sites for hydroxylation is 1. The fourth-order valence-electron chi connectivity index (χ4n) is 2.81. The average Bonchev–Trinajstić information content (AvgIpc) is 2.89. The maximum absolute atomic E-state index is 5.74. The summed E-state index contributed by atoms with van der Waals surface area (Å²) in [6, 6.07) is 16.7. The van der Waals surface area contributed by atoms with Crippen LogP contribution < -0.4 is 4.74 Å². The van der Waals surface area contributed by atoms with Gasteiger partial charge in [0.05, 0.1) is 6.61 Å². The van der Waals surface area contributed by atoms with Gasteiger partial charge in [-0.3, -0.25) is 4.90 Å². The number of hydrogen-bond donors (Lipinski definition) is 0. The molecule has 0 aromatic heterocycles. The van der Waals surface area contributed by atoms with E-state index in [4.69, 9.17) is 4.74 Å². The normalized spacial score (nSPS) is 14.2. The molecule has 20 heavy (non-hydrogen) atoms. The van der Waals surface area contributed by atoms with Crippen molar-refractivity contribution in [2.75, 3.05) is 13.2 Å². The van der Waals surface area contributed by atoms with E-state index >= 15 is 0 Å². The molecule has 0 unspecified atom stereocenters. The standard InChI is InChI=1S/C18H21NO/c1-15-7-5-8-16-13-19(14-18(15)16)11-6-12-20-17-9-3-2-4-10-17/h2-5,7-10H,6,11-14H2,1H3. The molecule has 0 saturated carbocycles. The van der Waals surface area contributed by atoms with E-state index in [9.17, 15) is 0 Å². The number of ether oxygens (including phenoxy) is 1. The van der Waals surface area contributed by atoms with Crippen molar-refractivity contribution < 1.29 is 4.74 Å². The largest absolute Gasteiger partial charge is 0.494 e. The first-order valence-electron chi connectivity index (χ1n) is 7.30. The molecule has 0 bridgehead atoms. The Labute approximate surface area is 121 Å². The van der Waals surface area contributed by atoms with E-state index in [1.807, 2.05) is 30.3 Å². The Morgan fingerprint density at radius 1 is 1.00 bits per heavy atom. The molecule has 0 atom stereocenters. The van der Waals surface area contributed by atoms with Crippen LogP contribution in [0.3, 0.4) is 0 Å². The number of nitrogens with zero attached hydrogens (tertiary/aromatic N) is 1. The van der Waals surface area contributed by atoms with Gasteiger partial charge in [0.15, 0.2) is 0 Å². The summed E-state index contributed by atoms with van der Waals surface area (Å²) in [6.45, 7) is 6.27. The molecule has 1 heterocycles. The molecule has 0 amide bonds. The van der Waals surface area contributed by atoms with Crippen LogP contribution in [0.15, 0.2) is 48.5 Å². The molecule has 0 fully saturated rings. The van der Waals surface area contributed by atoms with E-state index in [0.29, 0.717) is 0 Å². The van der Waals surface area contributed by atoms with Gasteiger partial charge in [-0.05, 0) is 42.2 Å². The molecule has 2 aromatic rings. The molecule has 0 radical (unpaired) electrons. The first-order chi connectivity index (χ1) is 9.83. The average molecular weight is 267 g/mol. The van der Waals surface area contributed by atoms with Gasteiger partial charge in [-0.25, -0.2) is 0 Å². The van der Waals surface area contributed by atoms with Gasteiger partial charge in [-0.15, -0.1) is 0 Å². The van der Waals surface area contributed by atoms with Crippen molar-refractivity contribution in [3.8, 4) is 5.75 Å². The van der Waals surface area contributed by atoms with Gasteiger partial charge < -0.3 is 4.74 Å². The summed E-state index contributed by atoms with van der Waals surface area (Å²) in [7, 11) is 0.